The van der Waals surface area contributed by atoms with Crippen LogP contribution in [0.4, 0.5) is 0 Å². The molecule has 1 aromatic carbocycles. The Kier molecular flexibility index (Phi) is 4.48. The van der Waals surface area contributed by atoms with Gasteiger partial charge in [0.25, 0.3) is 0 Å². The Hall–Kier alpha value is 0.0400. The van der Waals surface area contributed by atoms with Gasteiger partial charge in [-0.15, -0.1) is 11.6 Å². The van der Waals surface area contributed by atoms with Gasteiger partial charge in [0, 0.05) is 10.0 Å². The van der Waals surface area contributed by atoms with Crippen molar-refractivity contribution in [2.24, 2.45) is 0 Å². The lowest BCUT2D eigenvalue weighted by molar-refractivity contribution is 0.534. The summed E-state index contributed by atoms with van der Waals surface area (Å²) in [5.74, 6) is 0.207. The van der Waals surface area contributed by atoms with Crippen LogP contribution in [0.5, 0.6) is 0 Å². The smallest absolute Gasteiger partial charge is 0.154 e. The molecule has 1 aromatic rings. The Morgan fingerprint density at radius 2 is 1.94 bits per heavy atom. The summed E-state index contributed by atoms with van der Waals surface area (Å²) in [6.45, 7) is 0. The van der Waals surface area contributed by atoms with Crippen LogP contribution in [0.3, 0.4) is 0 Å². The van der Waals surface area contributed by atoms with Gasteiger partial charge in [0.05, 0.1) is 16.4 Å². The van der Waals surface area contributed by atoms with Gasteiger partial charge in [-0.05, 0) is 36.6 Å². The average Bonchev–Trinajstić information content (AvgIpc) is 2.31. The molecule has 100 valence electrons. The van der Waals surface area contributed by atoms with Crippen molar-refractivity contribution >= 4 is 44.6 Å². The molecule has 0 aromatic heterocycles. The minimum absolute atomic E-state index is 0.207. The zero-order chi connectivity index (χ0) is 13.3. The van der Waals surface area contributed by atoms with Crippen LogP contribution in [0.15, 0.2) is 18.2 Å². The summed E-state index contributed by atoms with van der Waals surface area (Å²) in [6, 6.07) is 4.95. The molecule has 1 aliphatic heterocycles. The molecule has 2 atom stereocenters. The fourth-order valence-electron chi connectivity index (χ4n) is 2.23. The molecule has 18 heavy (non-hydrogen) atoms. The molecule has 1 saturated heterocycles. The predicted octanol–water partition coefficient (Wildman–Crippen LogP) is 4.24. The van der Waals surface area contributed by atoms with E-state index in [9.17, 15) is 8.42 Å². The molecule has 0 spiro atoms. The van der Waals surface area contributed by atoms with Gasteiger partial charge in [-0.25, -0.2) is 8.42 Å². The molecule has 0 radical (unpaired) electrons. The van der Waals surface area contributed by atoms with Crippen molar-refractivity contribution in [3.8, 4) is 0 Å². The normalized spacial score (nSPS) is 24.7. The van der Waals surface area contributed by atoms with E-state index in [4.69, 9.17) is 34.8 Å². The zero-order valence-electron chi connectivity index (χ0n) is 9.57. The maximum atomic E-state index is 12.0. The standard InChI is InChI=1S/C12H13Cl3O2S/c13-8-4-5-10(14)9(7-8)12(15)11-3-1-2-6-18(11,16)17/h4-5,7,11-12H,1-3,6H2. The second-order valence-corrected chi connectivity index (χ2v) is 8.12. The summed E-state index contributed by atoms with van der Waals surface area (Å²) in [5, 5.41) is -0.237. The van der Waals surface area contributed by atoms with Crippen molar-refractivity contribution in [2.75, 3.05) is 5.75 Å². The van der Waals surface area contributed by atoms with E-state index >= 15 is 0 Å². The van der Waals surface area contributed by atoms with Crippen molar-refractivity contribution < 1.29 is 8.42 Å². The van der Waals surface area contributed by atoms with Gasteiger partial charge in [-0.1, -0.05) is 29.6 Å². The Morgan fingerprint density at radius 1 is 1.22 bits per heavy atom. The summed E-state index contributed by atoms with van der Waals surface area (Å²) in [7, 11) is -3.13. The molecular formula is C12H13Cl3O2S. The van der Waals surface area contributed by atoms with Gasteiger partial charge < -0.3 is 0 Å². The second-order valence-electron chi connectivity index (χ2n) is 4.47. The van der Waals surface area contributed by atoms with E-state index in [0.29, 0.717) is 28.5 Å². The number of rotatable bonds is 2. The molecular weight excluding hydrogens is 315 g/mol. The Morgan fingerprint density at radius 3 is 2.61 bits per heavy atom. The molecule has 2 nitrogen and oxygen atoms in total. The molecule has 0 aliphatic carbocycles. The lowest BCUT2D eigenvalue weighted by Gasteiger charge is -2.27. The third-order valence-electron chi connectivity index (χ3n) is 3.21. The molecule has 1 aliphatic rings. The van der Waals surface area contributed by atoms with Crippen molar-refractivity contribution in [1.29, 1.82) is 0 Å². The molecule has 1 heterocycles. The van der Waals surface area contributed by atoms with Gasteiger partial charge in [0.15, 0.2) is 9.84 Å². The van der Waals surface area contributed by atoms with E-state index in [1.54, 1.807) is 18.2 Å². The first kappa shape index (κ1) is 14.4. The van der Waals surface area contributed by atoms with E-state index in [1.165, 1.54) is 0 Å². The molecule has 0 saturated carbocycles. The molecule has 0 N–H and O–H groups in total. The van der Waals surface area contributed by atoms with Crippen LogP contribution in [0.25, 0.3) is 0 Å². The molecule has 2 unspecified atom stereocenters. The zero-order valence-corrected chi connectivity index (χ0v) is 12.7. The first-order valence-electron chi connectivity index (χ1n) is 5.72. The van der Waals surface area contributed by atoms with Gasteiger partial charge in [0.1, 0.15) is 0 Å². The first-order valence-corrected chi connectivity index (χ1v) is 8.63. The summed E-state index contributed by atoms with van der Waals surface area (Å²) >= 11 is 18.3. The fourth-order valence-corrected chi connectivity index (χ4v) is 5.43. The molecule has 0 bridgehead atoms. The topological polar surface area (TPSA) is 34.1 Å². The summed E-state index contributed by atoms with van der Waals surface area (Å²) in [6.07, 6.45) is 2.18. The number of hydrogen-bond acceptors (Lipinski definition) is 2. The van der Waals surface area contributed by atoms with Crippen LogP contribution in [0, 0.1) is 0 Å². The third kappa shape index (κ3) is 2.96. The van der Waals surface area contributed by atoms with E-state index in [-0.39, 0.29) is 5.75 Å². The molecule has 6 heteroatoms. The number of hydrogen-bond donors (Lipinski definition) is 0. The van der Waals surface area contributed by atoms with Gasteiger partial charge in [0.2, 0.25) is 0 Å². The Balaban J connectivity index is 2.35. The maximum Gasteiger partial charge on any atom is 0.154 e. The average molecular weight is 328 g/mol. The van der Waals surface area contributed by atoms with Crippen molar-refractivity contribution in [2.45, 2.75) is 29.9 Å². The van der Waals surface area contributed by atoms with Gasteiger partial charge >= 0.3 is 0 Å². The van der Waals surface area contributed by atoms with Crippen LogP contribution < -0.4 is 0 Å². The maximum absolute atomic E-state index is 12.0. The Bertz CT molecular complexity index is 542. The van der Waals surface area contributed by atoms with Crippen molar-refractivity contribution in [1.82, 2.24) is 0 Å². The fraction of sp³-hybridized carbons (Fsp3) is 0.500. The monoisotopic (exact) mass is 326 g/mol. The van der Waals surface area contributed by atoms with Crippen LogP contribution in [-0.2, 0) is 9.84 Å². The van der Waals surface area contributed by atoms with Crippen LogP contribution in [0.2, 0.25) is 10.0 Å². The van der Waals surface area contributed by atoms with Crippen molar-refractivity contribution in [3.63, 3.8) is 0 Å². The quantitative estimate of drug-likeness (QED) is 0.761. The van der Waals surface area contributed by atoms with E-state index < -0.39 is 20.5 Å². The number of halogens is 3. The predicted molar refractivity (Wildman–Crippen MR) is 76.5 cm³/mol. The van der Waals surface area contributed by atoms with Crippen LogP contribution in [-0.4, -0.2) is 19.4 Å². The molecule has 2 rings (SSSR count). The van der Waals surface area contributed by atoms with Gasteiger partial charge in [-0.2, -0.15) is 0 Å². The number of sulfone groups is 1. The second kappa shape index (κ2) is 5.58. The lowest BCUT2D eigenvalue weighted by atomic mass is 10.0. The number of benzene rings is 1. The minimum atomic E-state index is -3.13. The summed E-state index contributed by atoms with van der Waals surface area (Å²) in [4.78, 5) is 0. The highest BCUT2D eigenvalue weighted by molar-refractivity contribution is 7.92. The highest BCUT2D eigenvalue weighted by Crippen LogP contribution is 2.39. The SMILES string of the molecule is O=S1(=O)CCCCC1C(Cl)c1cc(Cl)ccc1Cl. The van der Waals surface area contributed by atoms with Crippen LogP contribution in [0.1, 0.15) is 30.2 Å². The van der Waals surface area contributed by atoms with Crippen LogP contribution >= 0.6 is 34.8 Å². The molecule has 0 amide bonds. The largest absolute Gasteiger partial charge is 0.228 e. The Labute approximate surface area is 122 Å². The van der Waals surface area contributed by atoms with Crippen molar-refractivity contribution in [3.05, 3.63) is 33.8 Å². The lowest BCUT2D eigenvalue weighted by Crippen LogP contribution is -2.32. The van der Waals surface area contributed by atoms with Gasteiger partial charge in [-0.3, -0.25) is 0 Å². The highest BCUT2D eigenvalue weighted by Gasteiger charge is 2.36. The summed E-state index contributed by atoms with van der Waals surface area (Å²) in [5.41, 5.74) is 0.598. The van der Waals surface area contributed by atoms with E-state index in [2.05, 4.69) is 0 Å². The third-order valence-corrected chi connectivity index (χ3v) is 6.77. The first-order chi connectivity index (χ1) is 8.42. The van der Waals surface area contributed by atoms with E-state index in [1.807, 2.05) is 0 Å². The molecule has 1 fully saturated rings. The minimum Gasteiger partial charge on any atom is -0.228 e. The highest BCUT2D eigenvalue weighted by atomic mass is 35.5. The summed E-state index contributed by atoms with van der Waals surface area (Å²) < 4.78 is 24.1. The number of alkyl halides is 1. The van der Waals surface area contributed by atoms with E-state index in [0.717, 1.165) is 6.42 Å².